The molecule has 0 N–H and O–H groups in total. The number of rotatable bonds is 2. The standard InChI is InChI=1S/C11H18N2O/c1-10-3-4-11(12(10)2)9-13-5-7-14-8-6-13/h3-4H,5-9H2,1-2H3. The van der Waals surface area contributed by atoms with Gasteiger partial charge in [-0.2, -0.15) is 0 Å². The number of aryl methyl sites for hydroxylation is 1. The van der Waals surface area contributed by atoms with Gasteiger partial charge in [0.25, 0.3) is 0 Å². The molecule has 1 aromatic rings. The molecular weight excluding hydrogens is 176 g/mol. The Bertz CT molecular complexity index is 300. The zero-order valence-electron chi connectivity index (χ0n) is 8.99. The molecule has 2 heterocycles. The molecule has 0 amide bonds. The van der Waals surface area contributed by atoms with Gasteiger partial charge in [0.1, 0.15) is 0 Å². The summed E-state index contributed by atoms with van der Waals surface area (Å²) >= 11 is 0. The summed E-state index contributed by atoms with van der Waals surface area (Å²) in [5.41, 5.74) is 2.72. The van der Waals surface area contributed by atoms with Gasteiger partial charge >= 0.3 is 0 Å². The molecular formula is C11H18N2O. The average molecular weight is 194 g/mol. The molecule has 14 heavy (non-hydrogen) atoms. The maximum Gasteiger partial charge on any atom is 0.0594 e. The largest absolute Gasteiger partial charge is 0.379 e. The monoisotopic (exact) mass is 194 g/mol. The van der Waals surface area contributed by atoms with Crippen molar-refractivity contribution in [3.8, 4) is 0 Å². The second kappa shape index (κ2) is 4.15. The molecule has 1 aliphatic heterocycles. The molecule has 78 valence electrons. The summed E-state index contributed by atoms with van der Waals surface area (Å²) in [4.78, 5) is 2.44. The minimum absolute atomic E-state index is 0.878. The zero-order chi connectivity index (χ0) is 9.97. The first-order valence-electron chi connectivity index (χ1n) is 5.18. The molecule has 0 radical (unpaired) electrons. The fraction of sp³-hybridized carbons (Fsp3) is 0.636. The minimum atomic E-state index is 0.878. The van der Waals surface area contributed by atoms with Crippen LogP contribution in [0.4, 0.5) is 0 Å². The van der Waals surface area contributed by atoms with Crippen molar-refractivity contribution in [1.29, 1.82) is 0 Å². The van der Waals surface area contributed by atoms with Gasteiger partial charge in [0.05, 0.1) is 13.2 Å². The van der Waals surface area contributed by atoms with Crippen LogP contribution >= 0.6 is 0 Å². The van der Waals surface area contributed by atoms with Crippen LogP contribution in [0.5, 0.6) is 0 Å². The first kappa shape index (κ1) is 9.74. The van der Waals surface area contributed by atoms with E-state index < -0.39 is 0 Å². The van der Waals surface area contributed by atoms with E-state index in [9.17, 15) is 0 Å². The Labute approximate surface area is 85.3 Å². The van der Waals surface area contributed by atoms with Gasteiger partial charge in [0.2, 0.25) is 0 Å². The molecule has 1 saturated heterocycles. The summed E-state index contributed by atoms with van der Waals surface area (Å²) < 4.78 is 7.58. The van der Waals surface area contributed by atoms with Crippen LogP contribution in [0.3, 0.4) is 0 Å². The predicted molar refractivity (Wildman–Crippen MR) is 56.2 cm³/mol. The smallest absolute Gasteiger partial charge is 0.0594 e. The van der Waals surface area contributed by atoms with Crippen LogP contribution in [0.2, 0.25) is 0 Å². The number of hydrogen-bond donors (Lipinski definition) is 0. The van der Waals surface area contributed by atoms with E-state index >= 15 is 0 Å². The van der Waals surface area contributed by atoms with Gasteiger partial charge in [-0.15, -0.1) is 0 Å². The lowest BCUT2D eigenvalue weighted by molar-refractivity contribution is 0.0333. The van der Waals surface area contributed by atoms with E-state index in [1.165, 1.54) is 11.4 Å². The SMILES string of the molecule is Cc1ccc(CN2CCOCC2)n1C. The van der Waals surface area contributed by atoms with E-state index in [1.54, 1.807) is 0 Å². The van der Waals surface area contributed by atoms with E-state index in [0.29, 0.717) is 0 Å². The molecule has 1 aromatic heterocycles. The lowest BCUT2D eigenvalue weighted by atomic mass is 10.3. The average Bonchev–Trinajstić information content (AvgIpc) is 2.52. The molecule has 1 aliphatic rings. The quantitative estimate of drug-likeness (QED) is 0.703. The molecule has 2 rings (SSSR count). The number of nitrogens with zero attached hydrogens (tertiary/aromatic N) is 2. The molecule has 0 saturated carbocycles. The van der Waals surface area contributed by atoms with Gasteiger partial charge in [-0.05, 0) is 19.1 Å². The molecule has 3 nitrogen and oxygen atoms in total. The summed E-state index contributed by atoms with van der Waals surface area (Å²) in [5.74, 6) is 0. The van der Waals surface area contributed by atoms with Crippen molar-refractivity contribution in [2.75, 3.05) is 26.3 Å². The lowest BCUT2D eigenvalue weighted by Crippen LogP contribution is -2.36. The van der Waals surface area contributed by atoms with Crippen LogP contribution in [0, 0.1) is 6.92 Å². The minimum Gasteiger partial charge on any atom is -0.379 e. The maximum absolute atomic E-state index is 5.32. The number of hydrogen-bond acceptors (Lipinski definition) is 2. The Morgan fingerprint density at radius 3 is 2.57 bits per heavy atom. The number of aromatic nitrogens is 1. The van der Waals surface area contributed by atoms with E-state index in [0.717, 1.165) is 32.8 Å². The van der Waals surface area contributed by atoms with Crippen molar-refractivity contribution in [2.24, 2.45) is 7.05 Å². The second-order valence-corrected chi connectivity index (χ2v) is 3.91. The first-order chi connectivity index (χ1) is 6.77. The van der Waals surface area contributed by atoms with Crippen LogP contribution in [0.1, 0.15) is 11.4 Å². The molecule has 1 fully saturated rings. The van der Waals surface area contributed by atoms with Gasteiger partial charge in [-0.1, -0.05) is 0 Å². The predicted octanol–water partition coefficient (Wildman–Crippen LogP) is 1.17. The summed E-state index contributed by atoms with van der Waals surface area (Å²) in [7, 11) is 2.13. The van der Waals surface area contributed by atoms with Crippen molar-refractivity contribution in [1.82, 2.24) is 9.47 Å². The van der Waals surface area contributed by atoms with Crippen LogP contribution in [-0.4, -0.2) is 35.8 Å². The Balaban J connectivity index is 1.99. The van der Waals surface area contributed by atoms with Crippen molar-refractivity contribution in [3.63, 3.8) is 0 Å². The van der Waals surface area contributed by atoms with E-state index in [2.05, 4.69) is 35.6 Å². The highest BCUT2D eigenvalue weighted by molar-refractivity contribution is 5.14. The molecule has 0 aromatic carbocycles. The second-order valence-electron chi connectivity index (χ2n) is 3.91. The van der Waals surface area contributed by atoms with Crippen molar-refractivity contribution >= 4 is 0 Å². The molecule has 0 spiro atoms. The Kier molecular flexibility index (Phi) is 2.89. The highest BCUT2D eigenvalue weighted by Crippen LogP contribution is 2.10. The Morgan fingerprint density at radius 1 is 1.29 bits per heavy atom. The molecule has 0 aliphatic carbocycles. The van der Waals surface area contributed by atoms with Crippen LogP contribution in [0.15, 0.2) is 12.1 Å². The van der Waals surface area contributed by atoms with E-state index in [4.69, 9.17) is 4.74 Å². The molecule has 0 atom stereocenters. The highest BCUT2D eigenvalue weighted by Gasteiger charge is 2.12. The van der Waals surface area contributed by atoms with Crippen LogP contribution < -0.4 is 0 Å². The number of ether oxygens (including phenoxy) is 1. The third kappa shape index (κ3) is 1.99. The van der Waals surface area contributed by atoms with E-state index in [1.807, 2.05) is 0 Å². The van der Waals surface area contributed by atoms with Crippen molar-refractivity contribution in [3.05, 3.63) is 23.5 Å². The van der Waals surface area contributed by atoms with Gasteiger partial charge in [-0.3, -0.25) is 4.90 Å². The van der Waals surface area contributed by atoms with Gasteiger partial charge in [0, 0.05) is 38.1 Å². The zero-order valence-corrected chi connectivity index (χ0v) is 8.99. The maximum atomic E-state index is 5.32. The third-order valence-corrected chi connectivity index (χ3v) is 2.97. The van der Waals surface area contributed by atoms with Crippen molar-refractivity contribution < 1.29 is 4.74 Å². The summed E-state index contributed by atoms with van der Waals surface area (Å²) in [5, 5.41) is 0. The summed E-state index contributed by atoms with van der Waals surface area (Å²) in [6.45, 7) is 7.07. The van der Waals surface area contributed by atoms with Crippen LogP contribution in [0.25, 0.3) is 0 Å². The summed E-state index contributed by atoms with van der Waals surface area (Å²) in [6.07, 6.45) is 0. The highest BCUT2D eigenvalue weighted by atomic mass is 16.5. The molecule has 3 heteroatoms. The third-order valence-electron chi connectivity index (χ3n) is 2.97. The Morgan fingerprint density at radius 2 is 2.00 bits per heavy atom. The molecule has 0 unspecified atom stereocenters. The van der Waals surface area contributed by atoms with Crippen molar-refractivity contribution in [2.45, 2.75) is 13.5 Å². The lowest BCUT2D eigenvalue weighted by Gasteiger charge is -2.26. The van der Waals surface area contributed by atoms with Gasteiger partial charge in [0.15, 0.2) is 0 Å². The van der Waals surface area contributed by atoms with Gasteiger partial charge < -0.3 is 9.30 Å². The van der Waals surface area contributed by atoms with E-state index in [-0.39, 0.29) is 0 Å². The fourth-order valence-corrected chi connectivity index (χ4v) is 1.81. The number of morpholine rings is 1. The summed E-state index contributed by atoms with van der Waals surface area (Å²) in [6, 6.07) is 4.39. The topological polar surface area (TPSA) is 17.4 Å². The normalized spacial score (nSPS) is 18.7. The fourth-order valence-electron chi connectivity index (χ4n) is 1.81. The molecule has 0 bridgehead atoms. The Hall–Kier alpha value is -0.800. The van der Waals surface area contributed by atoms with Crippen LogP contribution in [-0.2, 0) is 18.3 Å². The first-order valence-corrected chi connectivity index (χ1v) is 5.18. The van der Waals surface area contributed by atoms with Gasteiger partial charge in [-0.25, -0.2) is 0 Å².